The van der Waals surface area contributed by atoms with Crippen molar-refractivity contribution < 1.29 is 25.9 Å². The molecular weight excluding hydrogens is 358 g/mol. The topological polar surface area (TPSA) is 0 Å². The van der Waals surface area contributed by atoms with Gasteiger partial charge in [-0.2, -0.15) is 37.4 Å². The molecule has 0 nitrogen and oxygen atoms in total. The number of alkyl halides is 3. The predicted octanol–water partition coefficient (Wildman–Crippen LogP) is 4.04. The summed E-state index contributed by atoms with van der Waals surface area (Å²) in [6.07, 6.45) is -4.30. The van der Waals surface area contributed by atoms with Gasteiger partial charge in [0.1, 0.15) is 0 Å². The van der Waals surface area contributed by atoms with Gasteiger partial charge in [-0.3, -0.25) is 0 Å². The summed E-state index contributed by atoms with van der Waals surface area (Å²) in [4.78, 5) is 0. The molecule has 0 saturated heterocycles. The molecule has 0 radical (unpaired) electrons. The minimum absolute atomic E-state index is 0.179. The van der Waals surface area contributed by atoms with Crippen molar-refractivity contribution >= 4 is 31.9 Å². The molecule has 0 N–H and O–H groups in total. The van der Waals surface area contributed by atoms with Crippen molar-refractivity contribution in [1.29, 1.82) is 0 Å². The van der Waals surface area contributed by atoms with E-state index in [0.29, 0.717) is 0 Å². The first-order valence-electron chi connectivity index (χ1n) is 2.89. The molecule has 0 saturated carbocycles. The number of benzene rings is 1. The molecule has 0 aliphatic rings. The van der Waals surface area contributed by atoms with Crippen molar-refractivity contribution in [2.24, 2.45) is 0 Å². The van der Waals surface area contributed by atoms with Gasteiger partial charge >= 0.3 is 39.3 Å². The van der Waals surface area contributed by atoms with Crippen LogP contribution in [0.1, 0.15) is 5.56 Å². The van der Waals surface area contributed by atoms with E-state index in [2.05, 4.69) is 18.8 Å². The second-order valence-electron chi connectivity index (χ2n) is 1.92. The molecule has 0 aliphatic heterocycles. The molecule has 13 heavy (non-hydrogen) atoms. The molecular formula is C7H3ClF3IMn. The van der Waals surface area contributed by atoms with Crippen LogP contribution >= 0.6 is 31.9 Å². The Labute approximate surface area is 98.4 Å². The van der Waals surface area contributed by atoms with Crippen LogP contribution in [0.2, 0.25) is 5.02 Å². The summed E-state index contributed by atoms with van der Waals surface area (Å²) in [6, 6.07) is 5.15. The van der Waals surface area contributed by atoms with E-state index >= 15 is 0 Å². The Bertz CT molecular complexity index is 247. The summed E-state index contributed by atoms with van der Waals surface area (Å²) in [5.41, 5.74) is -0.734. The van der Waals surface area contributed by atoms with Gasteiger partial charge in [-0.25, -0.2) is 0 Å². The molecule has 6 heteroatoms. The van der Waals surface area contributed by atoms with Gasteiger partial charge in [0.05, 0.1) is 0 Å². The fourth-order valence-corrected chi connectivity index (χ4v) is 0.700. The maximum atomic E-state index is 11.9. The first-order chi connectivity index (χ1) is 6.00. The Hall–Kier alpha value is 0.549. The molecule has 0 fully saturated rings. The normalized spacial score (nSPS) is 10.2. The van der Waals surface area contributed by atoms with E-state index in [-0.39, 0.29) is 5.02 Å². The van der Waals surface area contributed by atoms with Crippen LogP contribution < -0.4 is 0 Å². The minimum atomic E-state index is -4.30. The van der Waals surface area contributed by atoms with Crippen molar-refractivity contribution in [3.05, 3.63) is 34.9 Å². The number of rotatable bonds is 0. The maximum absolute atomic E-state index is 11.9. The number of hydrogen-bond donors (Lipinski definition) is 0. The average Bonchev–Trinajstić information content (AvgIpc) is 2.07. The van der Waals surface area contributed by atoms with Gasteiger partial charge in [0.2, 0.25) is 0 Å². The van der Waals surface area contributed by atoms with Gasteiger partial charge < -0.3 is 0 Å². The number of hydrogen-bond acceptors (Lipinski definition) is 0. The molecule has 0 bridgehead atoms. The van der Waals surface area contributed by atoms with Crippen LogP contribution in [-0.4, -0.2) is 0 Å². The second-order valence-corrected chi connectivity index (χ2v) is 2.33. The van der Waals surface area contributed by atoms with Crippen LogP contribution in [0.4, 0.5) is 13.2 Å². The first-order valence-corrected chi connectivity index (χ1v) is 7.07. The molecule has 73 valence electrons. The Morgan fingerprint density at radius 2 is 1.85 bits per heavy atom. The zero-order valence-electron chi connectivity index (χ0n) is 6.00. The molecule has 0 atom stereocenters. The first kappa shape index (κ1) is 13.5. The predicted molar refractivity (Wildman–Crippen MR) is 49.3 cm³/mol. The summed E-state index contributed by atoms with van der Waals surface area (Å²) in [5, 5.41) is 0.179. The summed E-state index contributed by atoms with van der Waals surface area (Å²) in [7, 11) is 0. The van der Waals surface area contributed by atoms with E-state index in [4.69, 9.17) is 11.6 Å². The van der Waals surface area contributed by atoms with Crippen LogP contribution in [0.25, 0.3) is 0 Å². The molecule has 0 aliphatic carbocycles. The Morgan fingerprint density at radius 3 is 2.15 bits per heavy atom. The van der Waals surface area contributed by atoms with E-state index in [0.717, 1.165) is 18.2 Å². The second kappa shape index (κ2) is 6.11. The van der Waals surface area contributed by atoms with Crippen molar-refractivity contribution in [3.8, 4) is 0 Å². The molecule has 0 aromatic heterocycles. The summed E-state index contributed by atoms with van der Waals surface area (Å²) in [6.45, 7) is 0. The fourth-order valence-electron chi connectivity index (χ4n) is 0.582. The monoisotopic (exact) mass is 361 g/mol. The van der Waals surface area contributed by atoms with E-state index in [1.54, 1.807) is 0 Å². The molecule has 0 amide bonds. The fraction of sp³-hybridized carbons (Fsp3) is 0.143. The number of halogens is 5. The third-order valence-corrected chi connectivity index (χ3v) is 1.34. The summed E-state index contributed by atoms with van der Waals surface area (Å²) in [5.74, 6) is 0. The van der Waals surface area contributed by atoms with E-state index < -0.39 is 11.7 Å². The van der Waals surface area contributed by atoms with Crippen molar-refractivity contribution in [2.75, 3.05) is 0 Å². The molecule has 1 aromatic carbocycles. The molecule has 0 heterocycles. The van der Waals surface area contributed by atoms with E-state index in [1.807, 2.05) is 20.3 Å². The van der Waals surface area contributed by atoms with Gasteiger partial charge in [-0.1, -0.05) is 10.6 Å². The standard InChI is InChI=1S/C7H3ClF3.HI.Mn/c8-6-3-1-5(2-4-6)7(9,10)11;;/h1-3H;1H;/q-1;;+2/p-1. The summed E-state index contributed by atoms with van der Waals surface area (Å²) < 4.78 is 35.6. The molecule has 0 unspecified atom stereocenters. The van der Waals surface area contributed by atoms with E-state index in [9.17, 15) is 13.2 Å². The van der Waals surface area contributed by atoms with Gasteiger partial charge in [0.25, 0.3) is 0 Å². The third-order valence-electron chi connectivity index (χ3n) is 1.10. The molecule has 1 aromatic rings. The molecule has 0 spiro atoms. The zero-order valence-corrected chi connectivity index (χ0v) is 10.1. The van der Waals surface area contributed by atoms with Gasteiger partial charge in [0, 0.05) is 0 Å². The third kappa shape index (κ3) is 5.10. The zero-order chi connectivity index (χ0) is 10.5. The van der Waals surface area contributed by atoms with Crippen LogP contribution in [0.15, 0.2) is 18.2 Å². The van der Waals surface area contributed by atoms with Crippen LogP contribution in [0.3, 0.4) is 0 Å². The Balaban J connectivity index is 0.000000671. The summed E-state index contributed by atoms with van der Waals surface area (Å²) >= 11 is 10.2. The average molecular weight is 361 g/mol. The van der Waals surface area contributed by atoms with Gasteiger partial charge in [-0.05, 0) is 0 Å². The van der Waals surface area contributed by atoms with E-state index in [1.165, 1.54) is 0 Å². The Morgan fingerprint density at radius 1 is 1.31 bits per heavy atom. The van der Waals surface area contributed by atoms with Crippen LogP contribution in [0, 0.1) is 6.07 Å². The van der Waals surface area contributed by atoms with Crippen molar-refractivity contribution in [2.45, 2.75) is 6.18 Å². The van der Waals surface area contributed by atoms with Crippen LogP contribution in [0.5, 0.6) is 0 Å². The van der Waals surface area contributed by atoms with Crippen LogP contribution in [-0.2, 0) is 18.9 Å². The van der Waals surface area contributed by atoms with Gasteiger partial charge in [-0.15, -0.1) is 11.6 Å². The Kier molecular flexibility index (Phi) is 6.37. The van der Waals surface area contributed by atoms with Crippen molar-refractivity contribution in [1.82, 2.24) is 0 Å². The SMILES string of the molecule is FC(F)(F)c1c[c-]c(Cl)cc1.[Mn+][I]. The van der Waals surface area contributed by atoms with Crippen molar-refractivity contribution in [3.63, 3.8) is 0 Å². The molecule has 1 rings (SSSR count). The van der Waals surface area contributed by atoms with Gasteiger partial charge in [0.15, 0.2) is 0 Å². The quantitative estimate of drug-likeness (QED) is 0.372.